The maximum absolute atomic E-state index is 12.9. The number of sulfonamides is 1. The molecule has 0 aliphatic carbocycles. The first-order chi connectivity index (χ1) is 14.6. The Morgan fingerprint density at radius 1 is 0.933 bits per heavy atom. The van der Waals surface area contributed by atoms with Crippen LogP contribution in [0.15, 0.2) is 63.9 Å². The van der Waals surface area contributed by atoms with E-state index in [0.717, 1.165) is 24.1 Å². The van der Waals surface area contributed by atoms with Crippen LogP contribution in [-0.4, -0.2) is 60.5 Å². The third-order valence-electron chi connectivity index (χ3n) is 5.43. The van der Waals surface area contributed by atoms with Gasteiger partial charge in [-0.3, -0.25) is 0 Å². The number of hydrogen-bond acceptors (Lipinski definition) is 6. The molecule has 1 aliphatic rings. The van der Waals surface area contributed by atoms with E-state index in [0.29, 0.717) is 49.3 Å². The molecule has 158 valence electrons. The van der Waals surface area contributed by atoms with E-state index < -0.39 is 10.0 Å². The van der Waals surface area contributed by atoms with Gasteiger partial charge in [0.25, 0.3) is 0 Å². The maximum Gasteiger partial charge on any atom is 0.247 e. The van der Waals surface area contributed by atoms with Gasteiger partial charge in [-0.05, 0) is 36.2 Å². The molecular formula is C22H26N4O3S. The summed E-state index contributed by atoms with van der Waals surface area (Å²) in [4.78, 5) is 2.60. The highest BCUT2D eigenvalue weighted by molar-refractivity contribution is 7.89. The first kappa shape index (κ1) is 20.7. The molecule has 1 aromatic heterocycles. The summed E-state index contributed by atoms with van der Waals surface area (Å²) >= 11 is 0. The SMILES string of the molecule is CCc1ccc(S(=O)(=O)N2CCN(CCc3nnc(-c4ccccc4)o3)CC2)cc1. The van der Waals surface area contributed by atoms with E-state index in [1.807, 2.05) is 42.5 Å². The average molecular weight is 427 g/mol. The zero-order valence-electron chi connectivity index (χ0n) is 17.1. The number of hydrogen-bond donors (Lipinski definition) is 0. The summed E-state index contributed by atoms with van der Waals surface area (Å²) in [6.07, 6.45) is 1.54. The Morgan fingerprint density at radius 3 is 2.30 bits per heavy atom. The van der Waals surface area contributed by atoms with Gasteiger partial charge in [-0.2, -0.15) is 4.31 Å². The lowest BCUT2D eigenvalue weighted by Crippen LogP contribution is -2.49. The van der Waals surface area contributed by atoms with E-state index in [4.69, 9.17) is 4.42 Å². The van der Waals surface area contributed by atoms with Crippen LogP contribution in [0.25, 0.3) is 11.5 Å². The Kier molecular flexibility index (Phi) is 6.26. The molecule has 8 heteroatoms. The summed E-state index contributed by atoms with van der Waals surface area (Å²) in [5.74, 6) is 1.12. The highest BCUT2D eigenvalue weighted by Crippen LogP contribution is 2.20. The number of aromatic nitrogens is 2. The molecule has 0 spiro atoms. The molecule has 2 heterocycles. The number of rotatable bonds is 7. The van der Waals surface area contributed by atoms with Crippen LogP contribution in [0.3, 0.4) is 0 Å². The Morgan fingerprint density at radius 2 is 1.63 bits per heavy atom. The largest absolute Gasteiger partial charge is 0.421 e. The van der Waals surface area contributed by atoms with Crippen molar-refractivity contribution in [2.75, 3.05) is 32.7 Å². The zero-order valence-corrected chi connectivity index (χ0v) is 17.9. The van der Waals surface area contributed by atoms with Crippen molar-refractivity contribution >= 4 is 10.0 Å². The molecule has 0 saturated carbocycles. The topological polar surface area (TPSA) is 79.5 Å². The van der Waals surface area contributed by atoms with Crippen molar-refractivity contribution in [2.24, 2.45) is 0 Å². The monoisotopic (exact) mass is 426 g/mol. The number of nitrogens with zero attached hydrogens (tertiary/aromatic N) is 4. The van der Waals surface area contributed by atoms with E-state index in [2.05, 4.69) is 22.0 Å². The first-order valence-electron chi connectivity index (χ1n) is 10.3. The molecule has 0 bridgehead atoms. The van der Waals surface area contributed by atoms with Crippen LogP contribution in [0.1, 0.15) is 18.4 Å². The highest BCUT2D eigenvalue weighted by atomic mass is 32.2. The predicted octanol–water partition coefficient (Wildman–Crippen LogP) is 2.85. The molecule has 1 fully saturated rings. The summed E-state index contributed by atoms with van der Waals surface area (Å²) in [6.45, 7) is 5.15. The lowest BCUT2D eigenvalue weighted by Gasteiger charge is -2.33. The second kappa shape index (κ2) is 9.07. The quantitative estimate of drug-likeness (QED) is 0.578. The van der Waals surface area contributed by atoms with Crippen molar-refractivity contribution in [1.82, 2.24) is 19.4 Å². The van der Waals surface area contributed by atoms with Crippen LogP contribution < -0.4 is 0 Å². The van der Waals surface area contributed by atoms with Gasteiger partial charge in [0.15, 0.2) is 0 Å². The summed E-state index contributed by atoms with van der Waals surface area (Å²) in [5, 5.41) is 8.25. The van der Waals surface area contributed by atoms with E-state index >= 15 is 0 Å². The van der Waals surface area contributed by atoms with E-state index in [9.17, 15) is 8.42 Å². The molecule has 0 atom stereocenters. The van der Waals surface area contributed by atoms with Gasteiger partial charge in [0.1, 0.15) is 0 Å². The molecular weight excluding hydrogens is 400 g/mol. The molecule has 4 rings (SSSR count). The first-order valence-corrected chi connectivity index (χ1v) is 11.7. The van der Waals surface area contributed by atoms with Crippen molar-refractivity contribution in [3.8, 4) is 11.5 Å². The van der Waals surface area contributed by atoms with Crippen LogP contribution in [0, 0.1) is 0 Å². The minimum Gasteiger partial charge on any atom is -0.421 e. The molecule has 30 heavy (non-hydrogen) atoms. The molecule has 0 radical (unpaired) electrons. The van der Waals surface area contributed by atoms with Crippen molar-refractivity contribution in [3.05, 3.63) is 66.1 Å². The molecule has 1 saturated heterocycles. The second-order valence-corrected chi connectivity index (χ2v) is 9.30. The molecule has 0 unspecified atom stereocenters. The van der Waals surface area contributed by atoms with E-state index in [1.165, 1.54) is 0 Å². The van der Waals surface area contributed by atoms with Gasteiger partial charge in [-0.15, -0.1) is 10.2 Å². The van der Waals surface area contributed by atoms with Crippen LogP contribution in [-0.2, 0) is 22.9 Å². The van der Waals surface area contributed by atoms with Gasteiger partial charge in [0, 0.05) is 44.7 Å². The molecule has 0 N–H and O–H groups in total. The van der Waals surface area contributed by atoms with Gasteiger partial charge in [-0.1, -0.05) is 37.3 Å². The Bertz CT molecular complexity index is 1060. The third-order valence-corrected chi connectivity index (χ3v) is 7.34. The summed E-state index contributed by atoms with van der Waals surface area (Å²) in [6, 6.07) is 16.9. The van der Waals surface area contributed by atoms with Crippen molar-refractivity contribution in [1.29, 1.82) is 0 Å². The fourth-order valence-electron chi connectivity index (χ4n) is 3.55. The third kappa shape index (κ3) is 4.61. The molecule has 2 aromatic carbocycles. The van der Waals surface area contributed by atoms with Gasteiger partial charge in [0.05, 0.1) is 4.90 Å². The van der Waals surface area contributed by atoms with Gasteiger partial charge < -0.3 is 9.32 Å². The Labute approximate surface area is 177 Å². The van der Waals surface area contributed by atoms with Crippen molar-refractivity contribution in [3.63, 3.8) is 0 Å². The van der Waals surface area contributed by atoms with Gasteiger partial charge in [0.2, 0.25) is 21.8 Å². The van der Waals surface area contributed by atoms with Crippen molar-refractivity contribution < 1.29 is 12.8 Å². The summed E-state index contributed by atoms with van der Waals surface area (Å²) in [5.41, 5.74) is 2.04. The second-order valence-electron chi connectivity index (χ2n) is 7.36. The smallest absolute Gasteiger partial charge is 0.247 e. The van der Waals surface area contributed by atoms with Gasteiger partial charge in [-0.25, -0.2) is 8.42 Å². The molecule has 0 amide bonds. The summed E-state index contributed by atoms with van der Waals surface area (Å²) in [7, 11) is -3.44. The normalized spacial score (nSPS) is 16.0. The van der Waals surface area contributed by atoms with Crippen LogP contribution in [0.2, 0.25) is 0 Å². The van der Waals surface area contributed by atoms with Gasteiger partial charge >= 0.3 is 0 Å². The van der Waals surface area contributed by atoms with Crippen LogP contribution in [0.4, 0.5) is 0 Å². The fourth-order valence-corrected chi connectivity index (χ4v) is 4.97. The fraction of sp³-hybridized carbons (Fsp3) is 0.364. The maximum atomic E-state index is 12.9. The Balaban J connectivity index is 1.30. The molecule has 7 nitrogen and oxygen atoms in total. The van der Waals surface area contributed by atoms with Crippen molar-refractivity contribution in [2.45, 2.75) is 24.7 Å². The highest BCUT2D eigenvalue weighted by Gasteiger charge is 2.28. The zero-order chi connectivity index (χ0) is 21.0. The number of aryl methyl sites for hydroxylation is 1. The molecule has 3 aromatic rings. The predicted molar refractivity (Wildman–Crippen MR) is 114 cm³/mol. The standard InChI is InChI=1S/C22H26N4O3S/c1-2-18-8-10-20(11-9-18)30(27,28)26-16-14-25(15-17-26)13-12-21-23-24-22(29-21)19-6-4-3-5-7-19/h3-11H,2,12-17H2,1H3. The van der Waals surface area contributed by atoms with E-state index in [-0.39, 0.29) is 0 Å². The number of benzene rings is 2. The average Bonchev–Trinajstić information content (AvgIpc) is 3.28. The van der Waals surface area contributed by atoms with E-state index in [1.54, 1.807) is 16.4 Å². The lowest BCUT2D eigenvalue weighted by molar-refractivity contribution is 0.187. The van der Waals surface area contributed by atoms with Crippen LogP contribution >= 0.6 is 0 Å². The summed E-state index contributed by atoms with van der Waals surface area (Å²) < 4.78 is 33.1. The lowest BCUT2D eigenvalue weighted by atomic mass is 10.2. The minimum atomic E-state index is -3.44. The Hall–Kier alpha value is -2.55. The molecule has 1 aliphatic heterocycles. The van der Waals surface area contributed by atoms with Crippen LogP contribution in [0.5, 0.6) is 0 Å². The minimum absolute atomic E-state index is 0.368. The number of piperazine rings is 1.